The molecule has 3 heterocycles. The van der Waals surface area contributed by atoms with Crippen molar-refractivity contribution >= 4 is 17.2 Å². The van der Waals surface area contributed by atoms with Crippen molar-refractivity contribution in [2.75, 3.05) is 19.6 Å². The van der Waals surface area contributed by atoms with Gasteiger partial charge >= 0.3 is 0 Å². The molecule has 1 aromatic rings. The molecule has 1 amide bonds. The second-order valence-electron chi connectivity index (χ2n) is 5.21. The third-order valence-electron chi connectivity index (χ3n) is 4.15. The van der Waals surface area contributed by atoms with Crippen LogP contribution in [0.5, 0.6) is 0 Å². The number of nitrogens with zero attached hydrogens (tertiary/aromatic N) is 2. The van der Waals surface area contributed by atoms with Gasteiger partial charge in [-0.15, -0.1) is 11.3 Å². The number of carbonyl (C=O) groups is 1. The third-order valence-corrected chi connectivity index (χ3v) is 4.73. The molecule has 2 aliphatic rings. The molecule has 1 N–H and O–H groups in total. The second-order valence-corrected chi connectivity index (χ2v) is 5.92. The number of thiazole rings is 1. The van der Waals surface area contributed by atoms with E-state index in [4.69, 9.17) is 0 Å². The first-order valence-corrected chi connectivity index (χ1v) is 7.70. The van der Waals surface area contributed by atoms with Crippen molar-refractivity contribution in [2.45, 2.75) is 31.7 Å². The highest BCUT2D eigenvalue weighted by Gasteiger charge is 2.30. The highest BCUT2D eigenvalue weighted by atomic mass is 32.1. The lowest BCUT2D eigenvalue weighted by Gasteiger charge is -2.34. The number of hydrogen-bond acceptors (Lipinski definition) is 4. The lowest BCUT2D eigenvalue weighted by atomic mass is 9.88. The summed E-state index contributed by atoms with van der Waals surface area (Å²) < 4.78 is 0. The van der Waals surface area contributed by atoms with Crippen molar-refractivity contribution in [1.82, 2.24) is 15.2 Å². The van der Waals surface area contributed by atoms with Crippen LogP contribution in [-0.2, 0) is 0 Å². The molecule has 0 saturated carbocycles. The first-order valence-electron chi connectivity index (χ1n) is 6.75. The fourth-order valence-corrected chi connectivity index (χ4v) is 3.62. The summed E-state index contributed by atoms with van der Waals surface area (Å²) in [5.41, 5.74) is 2.33. The van der Waals surface area contributed by atoms with Crippen LogP contribution < -0.4 is 5.32 Å². The van der Waals surface area contributed by atoms with Gasteiger partial charge in [-0.2, -0.15) is 0 Å². The molecule has 0 aromatic carbocycles. The Morgan fingerprint density at radius 2 is 2.22 bits per heavy atom. The normalized spacial score (nSPS) is 25.6. The van der Waals surface area contributed by atoms with E-state index in [1.807, 2.05) is 10.3 Å². The molecule has 4 nitrogen and oxygen atoms in total. The van der Waals surface area contributed by atoms with Gasteiger partial charge in [0, 0.05) is 24.5 Å². The predicted molar refractivity (Wildman–Crippen MR) is 71.8 cm³/mol. The topological polar surface area (TPSA) is 45.2 Å². The number of piperidine rings is 1. The molecule has 2 fully saturated rings. The zero-order valence-corrected chi connectivity index (χ0v) is 11.3. The highest BCUT2D eigenvalue weighted by Crippen LogP contribution is 2.26. The molecule has 3 rings (SSSR count). The van der Waals surface area contributed by atoms with Crippen LogP contribution in [0.25, 0.3) is 0 Å². The minimum atomic E-state index is 0.106. The van der Waals surface area contributed by atoms with E-state index < -0.39 is 0 Å². The number of amides is 1. The molecular formula is C13H19N3OS. The van der Waals surface area contributed by atoms with Gasteiger partial charge < -0.3 is 10.2 Å². The van der Waals surface area contributed by atoms with Crippen molar-refractivity contribution in [2.24, 2.45) is 5.92 Å². The van der Waals surface area contributed by atoms with Crippen LogP contribution in [0.1, 0.15) is 36.2 Å². The summed E-state index contributed by atoms with van der Waals surface area (Å²) in [6.07, 6.45) is 4.88. The zero-order valence-electron chi connectivity index (χ0n) is 10.5. The van der Waals surface area contributed by atoms with E-state index in [0.717, 1.165) is 31.8 Å². The summed E-state index contributed by atoms with van der Waals surface area (Å²) in [5, 5.41) is 5.42. The Kier molecular flexibility index (Phi) is 3.61. The predicted octanol–water partition coefficient (Wildman–Crippen LogP) is 1.75. The van der Waals surface area contributed by atoms with Crippen molar-refractivity contribution in [1.29, 1.82) is 0 Å². The van der Waals surface area contributed by atoms with Crippen molar-refractivity contribution in [3.8, 4) is 0 Å². The number of carbonyl (C=O) groups excluding carboxylic acids is 1. The van der Waals surface area contributed by atoms with E-state index in [-0.39, 0.29) is 5.91 Å². The van der Waals surface area contributed by atoms with Gasteiger partial charge in [0.2, 0.25) is 0 Å². The molecule has 0 aliphatic carbocycles. The SMILES string of the molecule is O=C(c1cscn1)N1CCC(C2CCCN2)CC1. The Morgan fingerprint density at radius 1 is 1.39 bits per heavy atom. The van der Waals surface area contributed by atoms with Crippen LogP contribution >= 0.6 is 11.3 Å². The summed E-state index contributed by atoms with van der Waals surface area (Å²) in [6, 6.07) is 0.696. The maximum Gasteiger partial charge on any atom is 0.273 e. The van der Waals surface area contributed by atoms with Crippen molar-refractivity contribution in [3.63, 3.8) is 0 Å². The van der Waals surface area contributed by atoms with Crippen LogP contribution in [-0.4, -0.2) is 41.5 Å². The summed E-state index contributed by atoms with van der Waals surface area (Å²) in [4.78, 5) is 18.2. The summed E-state index contributed by atoms with van der Waals surface area (Å²) >= 11 is 1.48. The first-order chi connectivity index (χ1) is 8.84. The Hall–Kier alpha value is -0.940. The number of hydrogen-bond donors (Lipinski definition) is 1. The molecule has 5 heteroatoms. The van der Waals surface area contributed by atoms with Gasteiger partial charge in [0.25, 0.3) is 5.91 Å². The zero-order chi connectivity index (χ0) is 12.4. The van der Waals surface area contributed by atoms with Gasteiger partial charge in [0.15, 0.2) is 0 Å². The largest absolute Gasteiger partial charge is 0.337 e. The Balaban J connectivity index is 1.55. The van der Waals surface area contributed by atoms with E-state index in [9.17, 15) is 4.79 Å². The fourth-order valence-electron chi connectivity index (χ4n) is 3.10. The molecule has 2 aliphatic heterocycles. The Morgan fingerprint density at radius 3 is 2.83 bits per heavy atom. The molecule has 18 heavy (non-hydrogen) atoms. The Labute approximate surface area is 111 Å². The summed E-state index contributed by atoms with van der Waals surface area (Å²) in [6.45, 7) is 2.95. The molecule has 1 aromatic heterocycles. The van der Waals surface area contributed by atoms with Gasteiger partial charge in [0.1, 0.15) is 5.69 Å². The third kappa shape index (κ3) is 2.42. The molecular weight excluding hydrogens is 246 g/mol. The maximum atomic E-state index is 12.1. The number of rotatable bonds is 2. The van der Waals surface area contributed by atoms with Gasteiger partial charge in [0.05, 0.1) is 5.51 Å². The van der Waals surface area contributed by atoms with E-state index in [0.29, 0.717) is 11.7 Å². The fraction of sp³-hybridized carbons (Fsp3) is 0.692. The van der Waals surface area contributed by atoms with Crippen LogP contribution in [0, 0.1) is 5.92 Å². The van der Waals surface area contributed by atoms with Gasteiger partial charge in [-0.25, -0.2) is 4.98 Å². The van der Waals surface area contributed by atoms with Gasteiger partial charge in [-0.1, -0.05) is 0 Å². The minimum Gasteiger partial charge on any atom is -0.337 e. The van der Waals surface area contributed by atoms with Crippen LogP contribution in [0.2, 0.25) is 0 Å². The van der Waals surface area contributed by atoms with Crippen LogP contribution in [0.3, 0.4) is 0 Å². The molecule has 1 unspecified atom stereocenters. The lowest BCUT2D eigenvalue weighted by molar-refractivity contribution is 0.0669. The minimum absolute atomic E-state index is 0.106. The average Bonchev–Trinajstić information content (AvgIpc) is 3.11. The first kappa shape index (κ1) is 12.1. The number of likely N-dealkylation sites (tertiary alicyclic amines) is 1. The standard InChI is InChI=1S/C13H19N3OS/c17-13(12-8-18-9-15-12)16-6-3-10(4-7-16)11-2-1-5-14-11/h8-11,14H,1-7H2. The van der Waals surface area contributed by atoms with E-state index in [1.54, 1.807) is 5.51 Å². The van der Waals surface area contributed by atoms with E-state index in [2.05, 4.69) is 10.3 Å². The van der Waals surface area contributed by atoms with Gasteiger partial charge in [-0.05, 0) is 38.1 Å². The van der Waals surface area contributed by atoms with E-state index >= 15 is 0 Å². The molecule has 0 spiro atoms. The summed E-state index contributed by atoms with van der Waals surface area (Å²) in [5.74, 6) is 0.862. The molecule has 1 atom stereocenters. The molecule has 0 radical (unpaired) electrons. The monoisotopic (exact) mass is 265 g/mol. The quantitative estimate of drug-likeness (QED) is 0.886. The van der Waals surface area contributed by atoms with Gasteiger partial charge in [-0.3, -0.25) is 4.79 Å². The lowest BCUT2D eigenvalue weighted by Crippen LogP contribution is -2.43. The van der Waals surface area contributed by atoms with Crippen molar-refractivity contribution < 1.29 is 4.79 Å². The second kappa shape index (κ2) is 5.36. The smallest absolute Gasteiger partial charge is 0.273 e. The van der Waals surface area contributed by atoms with Crippen molar-refractivity contribution in [3.05, 3.63) is 16.6 Å². The van der Waals surface area contributed by atoms with Crippen LogP contribution in [0.4, 0.5) is 0 Å². The Bertz CT molecular complexity index is 392. The summed E-state index contributed by atoms with van der Waals surface area (Å²) in [7, 11) is 0. The molecule has 2 saturated heterocycles. The number of aromatic nitrogens is 1. The molecule has 0 bridgehead atoms. The van der Waals surface area contributed by atoms with Crippen LogP contribution in [0.15, 0.2) is 10.9 Å². The van der Waals surface area contributed by atoms with E-state index in [1.165, 1.54) is 30.7 Å². The average molecular weight is 265 g/mol. The highest BCUT2D eigenvalue weighted by molar-refractivity contribution is 7.07. The molecule has 98 valence electrons. The number of nitrogens with one attached hydrogen (secondary N) is 1. The maximum absolute atomic E-state index is 12.1.